The molecule has 0 saturated carbocycles. The summed E-state index contributed by atoms with van der Waals surface area (Å²) in [4.78, 5) is 22.9. The smallest absolute Gasteiger partial charge is 0.258 e. The van der Waals surface area contributed by atoms with Crippen LogP contribution in [-0.4, -0.2) is 29.0 Å². The number of nitrogens with one attached hydrogen (secondary N) is 1. The van der Waals surface area contributed by atoms with E-state index >= 15 is 0 Å². The zero-order valence-corrected chi connectivity index (χ0v) is 14.7. The molecule has 0 atom stereocenters. The van der Waals surface area contributed by atoms with Gasteiger partial charge in [-0.15, -0.1) is 0 Å². The lowest BCUT2D eigenvalue weighted by molar-refractivity contribution is 0.102. The highest BCUT2D eigenvalue weighted by Gasteiger charge is 2.17. The molecule has 1 amide bonds. The third-order valence-electron chi connectivity index (χ3n) is 4.60. The van der Waals surface area contributed by atoms with Crippen LogP contribution in [0.3, 0.4) is 0 Å². The minimum atomic E-state index is -0.372. The molecule has 1 aromatic heterocycles. The van der Waals surface area contributed by atoms with E-state index in [1.54, 1.807) is 12.1 Å². The first-order chi connectivity index (χ1) is 13.2. The van der Waals surface area contributed by atoms with Gasteiger partial charge in [-0.2, -0.15) is 0 Å². The number of rotatable bonds is 4. The SMILES string of the molecule is O=C(Nc1ccc(N2CCCC2)c(F)c1)c1cnc(-c2ccccc2)nc1. The molecule has 0 aliphatic carbocycles. The topological polar surface area (TPSA) is 58.1 Å². The molecule has 136 valence electrons. The number of benzene rings is 2. The van der Waals surface area contributed by atoms with Crippen molar-refractivity contribution in [3.63, 3.8) is 0 Å². The summed E-state index contributed by atoms with van der Waals surface area (Å²) in [5, 5.41) is 2.70. The lowest BCUT2D eigenvalue weighted by atomic mass is 10.2. The number of anilines is 2. The highest BCUT2D eigenvalue weighted by molar-refractivity contribution is 6.04. The standard InChI is InChI=1S/C21H19FN4O/c22-18-12-17(8-9-19(18)26-10-4-5-11-26)25-21(27)16-13-23-20(24-14-16)15-6-2-1-3-7-15/h1-3,6-9,12-14H,4-5,10-11H2,(H,25,27). The van der Waals surface area contributed by atoms with Gasteiger partial charge in [0, 0.05) is 36.7 Å². The van der Waals surface area contributed by atoms with Crippen molar-refractivity contribution in [3.8, 4) is 11.4 Å². The number of hydrogen-bond acceptors (Lipinski definition) is 4. The van der Waals surface area contributed by atoms with E-state index in [2.05, 4.69) is 15.3 Å². The van der Waals surface area contributed by atoms with Gasteiger partial charge in [-0.3, -0.25) is 4.79 Å². The van der Waals surface area contributed by atoms with Crippen LogP contribution in [0.25, 0.3) is 11.4 Å². The average molecular weight is 362 g/mol. The van der Waals surface area contributed by atoms with Gasteiger partial charge in [0.05, 0.1) is 11.3 Å². The summed E-state index contributed by atoms with van der Waals surface area (Å²) >= 11 is 0. The minimum Gasteiger partial charge on any atom is -0.369 e. The summed E-state index contributed by atoms with van der Waals surface area (Å²) in [5.41, 5.74) is 2.19. The Balaban J connectivity index is 1.46. The van der Waals surface area contributed by atoms with Crippen molar-refractivity contribution >= 4 is 17.3 Å². The van der Waals surface area contributed by atoms with Gasteiger partial charge >= 0.3 is 0 Å². The Bertz CT molecular complexity index is 938. The second-order valence-electron chi connectivity index (χ2n) is 6.48. The molecule has 1 N–H and O–H groups in total. The van der Waals surface area contributed by atoms with Crippen LogP contribution in [0.2, 0.25) is 0 Å². The maximum Gasteiger partial charge on any atom is 0.258 e. The Morgan fingerprint density at radius 3 is 2.37 bits per heavy atom. The number of carbonyl (C=O) groups excluding carboxylic acids is 1. The third-order valence-corrected chi connectivity index (χ3v) is 4.60. The molecule has 27 heavy (non-hydrogen) atoms. The van der Waals surface area contributed by atoms with Crippen molar-refractivity contribution in [2.24, 2.45) is 0 Å². The Morgan fingerprint density at radius 1 is 1.00 bits per heavy atom. The molecule has 5 nitrogen and oxygen atoms in total. The van der Waals surface area contributed by atoms with E-state index in [1.165, 1.54) is 18.5 Å². The summed E-state index contributed by atoms with van der Waals surface area (Å²) in [7, 11) is 0. The van der Waals surface area contributed by atoms with Crippen molar-refractivity contribution in [1.29, 1.82) is 0 Å². The lowest BCUT2D eigenvalue weighted by Gasteiger charge is -2.18. The molecule has 1 aliphatic rings. The Labute approximate surface area is 156 Å². The van der Waals surface area contributed by atoms with Gasteiger partial charge in [0.2, 0.25) is 0 Å². The summed E-state index contributed by atoms with van der Waals surface area (Å²) < 4.78 is 14.4. The van der Waals surface area contributed by atoms with Crippen LogP contribution in [0.1, 0.15) is 23.2 Å². The van der Waals surface area contributed by atoms with Gasteiger partial charge in [0.1, 0.15) is 5.82 Å². The molecular formula is C21H19FN4O. The molecule has 6 heteroatoms. The number of aromatic nitrogens is 2. The fraction of sp³-hybridized carbons (Fsp3) is 0.190. The summed E-state index contributed by atoms with van der Waals surface area (Å²) in [6, 6.07) is 14.3. The zero-order chi connectivity index (χ0) is 18.6. The predicted molar refractivity (Wildman–Crippen MR) is 103 cm³/mol. The Kier molecular flexibility index (Phi) is 4.78. The van der Waals surface area contributed by atoms with Crippen molar-refractivity contribution in [3.05, 3.63) is 72.3 Å². The number of carbonyl (C=O) groups is 1. The van der Waals surface area contributed by atoms with E-state index in [1.807, 2.05) is 35.2 Å². The van der Waals surface area contributed by atoms with Gasteiger partial charge < -0.3 is 10.2 Å². The molecule has 0 unspecified atom stereocenters. The Morgan fingerprint density at radius 2 is 1.70 bits per heavy atom. The first-order valence-electron chi connectivity index (χ1n) is 8.94. The monoisotopic (exact) mass is 362 g/mol. The second-order valence-corrected chi connectivity index (χ2v) is 6.48. The van der Waals surface area contributed by atoms with Crippen LogP contribution in [-0.2, 0) is 0 Å². The van der Waals surface area contributed by atoms with Crippen LogP contribution < -0.4 is 10.2 Å². The second kappa shape index (κ2) is 7.53. The largest absolute Gasteiger partial charge is 0.369 e. The molecule has 3 aromatic rings. The molecule has 1 fully saturated rings. The number of hydrogen-bond donors (Lipinski definition) is 1. The van der Waals surface area contributed by atoms with Crippen LogP contribution in [0.15, 0.2) is 60.9 Å². The van der Waals surface area contributed by atoms with Gasteiger partial charge in [-0.25, -0.2) is 14.4 Å². The number of amides is 1. The normalized spacial score (nSPS) is 13.6. The van der Waals surface area contributed by atoms with Crippen LogP contribution in [0.4, 0.5) is 15.8 Å². The molecular weight excluding hydrogens is 343 g/mol. The third kappa shape index (κ3) is 3.79. The minimum absolute atomic E-state index is 0.318. The quantitative estimate of drug-likeness (QED) is 0.758. The van der Waals surface area contributed by atoms with Gasteiger partial charge in [0.15, 0.2) is 5.82 Å². The lowest BCUT2D eigenvalue weighted by Crippen LogP contribution is -2.19. The fourth-order valence-corrected chi connectivity index (χ4v) is 3.18. The molecule has 2 aromatic carbocycles. The van der Waals surface area contributed by atoms with Gasteiger partial charge in [0.25, 0.3) is 5.91 Å². The molecule has 1 aliphatic heterocycles. The molecule has 0 bridgehead atoms. The molecule has 2 heterocycles. The Hall–Kier alpha value is -3.28. The average Bonchev–Trinajstić information content (AvgIpc) is 3.23. The van der Waals surface area contributed by atoms with Crippen LogP contribution in [0, 0.1) is 5.82 Å². The van der Waals surface area contributed by atoms with E-state index in [0.29, 0.717) is 22.8 Å². The van der Waals surface area contributed by atoms with E-state index in [4.69, 9.17) is 0 Å². The fourth-order valence-electron chi connectivity index (χ4n) is 3.18. The highest BCUT2D eigenvalue weighted by Crippen LogP contribution is 2.26. The van der Waals surface area contributed by atoms with Crippen molar-refractivity contribution < 1.29 is 9.18 Å². The maximum atomic E-state index is 14.4. The van der Waals surface area contributed by atoms with E-state index in [-0.39, 0.29) is 11.7 Å². The van der Waals surface area contributed by atoms with Crippen molar-refractivity contribution in [2.75, 3.05) is 23.3 Å². The molecule has 1 saturated heterocycles. The maximum absolute atomic E-state index is 14.4. The van der Waals surface area contributed by atoms with Crippen LogP contribution >= 0.6 is 0 Å². The summed E-state index contributed by atoms with van der Waals surface area (Å²) in [6.07, 6.45) is 5.10. The predicted octanol–water partition coefficient (Wildman–Crippen LogP) is 4.14. The highest BCUT2D eigenvalue weighted by atomic mass is 19.1. The van der Waals surface area contributed by atoms with Crippen molar-refractivity contribution in [2.45, 2.75) is 12.8 Å². The van der Waals surface area contributed by atoms with Crippen LogP contribution in [0.5, 0.6) is 0 Å². The summed E-state index contributed by atoms with van der Waals surface area (Å²) in [6.45, 7) is 1.74. The summed E-state index contributed by atoms with van der Waals surface area (Å²) in [5.74, 6) is -0.151. The number of nitrogens with zero attached hydrogens (tertiary/aromatic N) is 3. The number of halogens is 1. The van der Waals surface area contributed by atoms with Gasteiger partial charge in [-0.05, 0) is 31.0 Å². The first kappa shape index (κ1) is 17.1. The van der Waals surface area contributed by atoms with Gasteiger partial charge in [-0.1, -0.05) is 30.3 Å². The molecule has 0 spiro atoms. The molecule has 0 radical (unpaired) electrons. The zero-order valence-electron chi connectivity index (χ0n) is 14.7. The van der Waals surface area contributed by atoms with Crippen molar-refractivity contribution in [1.82, 2.24) is 9.97 Å². The first-order valence-corrected chi connectivity index (χ1v) is 8.94. The van der Waals surface area contributed by atoms with E-state index in [0.717, 1.165) is 31.5 Å². The molecule has 4 rings (SSSR count). The van der Waals surface area contributed by atoms with E-state index < -0.39 is 0 Å². The van der Waals surface area contributed by atoms with E-state index in [9.17, 15) is 9.18 Å².